The van der Waals surface area contributed by atoms with Gasteiger partial charge in [0.05, 0.1) is 0 Å². The minimum atomic E-state index is -5.25. The molecule has 0 rings (SSSR count). The van der Waals surface area contributed by atoms with Gasteiger partial charge in [0.2, 0.25) is 0 Å². The van der Waals surface area contributed by atoms with Crippen molar-refractivity contribution in [2.24, 2.45) is 0 Å². The second kappa shape index (κ2) is 14.2. The Morgan fingerprint density at radius 2 is 1.19 bits per heavy atom. The summed E-state index contributed by atoms with van der Waals surface area (Å²) in [5.74, 6) is 0. The summed E-state index contributed by atoms with van der Waals surface area (Å²) in [6.45, 7) is 0. The van der Waals surface area contributed by atoms with Crippen LogP contribution in [0.2, 0.25) is 0 Å². The average Bonchev–Trinajstić information content (AvgIpc) is 1.47. The van der Waals surface area contributed by atoms with Gasteiger partial charge in [0.15, 0.2) is 0 Å². The monoisotopic (exact) mass is 494 g/mol. The predicted molar refractivity (Wildman–Crippen MR) is 36.1 cm³/mol. The van der Waals surface area contributed by atoms with E-state index in [4.69, 9.17) is 30.3 Å². The first-order valence-corrected chi connectivity index (χ1v) is 7.15. The summed E-state index contributed by atoms with van der Waals surface area (Å²) in [6.07, 6.45) is 0. The molecule has 0 unspecified atom stereocenters. The van der Waals surface area contributed by atoms with Gasteiger partial charge in [-0.2, -0.15) is 0 Å². The molecule has 0 aliphatic rings. The largest absolute Gasteiger partial charge is 0 e. The fourth-order valence-corrected chi connectivity index (χ4v) is 0.900. The molecule has 0 aliphatic heterocycles. The number of hydrogen-bond donors (Lipinski definition) is 5. The van der Waals surface area contributed by atoms with Crippen LogP contribution in [0, 0.1) is 0 Å². The Morgan fingerprint density at radius 1 is 1.00 bits per heavy atom. The molecule has 0 fully saturated rings. The summed E-state index contributed by atoms with van der Waals surface area (Å²) in [7, 11) is -8.19. The minimum Gasteiger partial charge on any atom is 0 e. The van der Waals surface area contributed by atoms with Crippen LogP contribution in [0.3, 0.4) is 0 Å². The first-order valence-electron chi connectivity index (χ1n) is 2.12. The van der Waals surface area contributed by atoms with Gasteiger partial charge in [-0.1, -0.05) is 0 Å². The molecule has 0 spiro atoms. The van der Waals surface area contributed by atoms with Crippen molar-refractivity contribution in [1.29, 1.82) is 0 Å². The summed E-state index contributed by atoms with van der Waals surface area (Å²) >= 11 is -5.25. The van der Waals surface area contributed by atoms with Gasteiger partial charge in [-0.05, 0) is 0 Å². The molecule has 10 nitrogen and oxygen atoms in total. The van der Waals surface area contributed by atoms with Gasteiger partial charge in [0.1, 0.15) is 0 Å². The molecule has 0 aliphatic carbocycles. The van der Waals surface area contributed by atoms with Gasteiger partial charge in [-0.25, -0.2) is 13.3 Å². The van der Waals surface area contributed by atoms with Crippen LogP contribution in [-0.2, 0) is 73.5 Å². The smallest absolute Gasteiger partial charge is 0 e. The van der Waals surface area contributed by atoms with E-state index in [9.17, 15) is 9.13 Å². The predicted octanol–water partition coefficient (Wildman–Crippen LogP) is -3.77. The fourth-order valence-electron chi connectivity index (χ4n) is 0.100. The molecule has 0 saturated carbocycles. The molecule has 0 atom stereocenters. The van der Waals surface area contributed by atoms with Crippen LogP contribution >= 0.6 is 7.91 Å². The van der Waals surface area contributed by atoms with Crippen molar-refractivity contribution in [3.8, 4) is 0 Å². The van der Waals surface area contributed by atoms with E-state index in [0.717, 1.165) is 0 Å². The number of rotatable bonds is 2. The first kappa shape index (κ1) is 31.2. The van der Waals surface area contributed by atoms with Crippen molar-refractivity contribution in [1.82, 2.24) is 0 Å². The molecular weight excluding hydrogens is 489 g/mol. The molecule has 0 heterocycles. The van der Waals surface area contributed by atoms with Gasteiger partial charge >= 0.3 is 92.0 Å². The van der Waals surface area contributed by atoms with Crippen LogP contribution in [0.5, 0.6) is 0 Å². The third-order valence-electron chi connectivity index (χ3n) is 0.197. The van der Waals surface area contributed by atoms with E-state index in [1.807, 2.05) is 0 Å². The van der Waals surface area contributed by atoms with Gasteiger partial charge in [0.25, 0.3) is 0 Å². The quantitative estimate of drug-likeness (QED) is 0.188. The van der Waals surface area contributed by atoms with Crippen LogP contribution in [0.4, 0.5) is 0 Å². The van der Waals surface area contributed by atoms with Gasteiger partial charge in [0, 0.05) is 39.0 Å². The SMILES string of the molecule is O=P(=O)O[Si](O)(O)O.[O]=[Cr](=[O])([OH])[OH].[SrH2].[Zn].[Zn]. The number of hydrogen-bond acceptors (Lipinski definition) is 8. The first-order chi connectivity index (χ1) is 5.42. The molecule has 88 valence electrons. The molecule has 0 bridgehead atoms. The van der Waals surface area contributed by atoms with Crippen molar-refractivity contribution >= 4 is 62.4 Å². The topological polar surface area (TPSA) is 179 Å². The van der Waals surface area contributed by atoms with Crippen LogP contribution in [-0.4, -0.2) is 77.2 Å². The third-order valence-corrected chi connectivity index (χ3v) is 1.77. The summed E-state index contributed by atoms with van der Waals surface area (Å²) in [6, 6.07) is 0. The van der Waals surface area contributed by atoms with E-state index in [0.29, 0.717) is 0 Å². The van der Waals surface area contributed by atoms with Crippen molar-refractivity contribution < 1.29 is 96.2 Å². The molecule has 0 aromatic rings. The summed E-state index contributed by atoms with van der Waals surface area (Å²) < 4.78 is 53.8. The Hall–Kier alpha value is 2.74. The maximum Gasteiger partial charge on any atom is 0 e. The second-order valence-electron chi connectivity index (χ2n) is 1.34. The van der Waals surface area contributed by atoms with Crippen LogP contribution in [0.15, 0.2) is 0 Å². The summed E-state index contributed by atoms with van der Waals surface area (Å²) in [5.41, 5.74) is 0. The van der Waals surface area contributed by atoms with Crippen LogP contribution in [0.25, 0.3) is 0 Å². The van der Waals surface area contributed by atoms with E-state index in [2.05, 4.69) is 4.21 Å². The summed E-state index contributed by atoms with van der Waals surface area (Å²) in [5, 5.41) is 0. The standard InChI is InChI=1S/Cr.H3O6PSi.2H2O.2O.Sr.2Zn.2H/c;1-7(2)6-8(3,4)5;;;;;;;;;/h;3-5H;2*1H2;;;;;;;/q+2;;;;;;;;;;/p-2. The zero-order chi connectivity index (χ0) is 11.3. The Bertz CT molecular complexity index is 287. The Kier molecular flexibility index (Phi) is 27.6. The molecule has 5 N–H and O–H groups in total. The molecule has 0 amide bonds. The minimum absolute atomic E-state index is 0. The van der Waals surface area contributed by atoms with E-state index < -0.39 is 30.6 Å². The van der Waals surface area contributed by atoms with Gasteiger partial charge in [-0.15, -0.1) is 0 Å². The van der Waals surface area contributed by atoms with Crippen molar-refractivity contribution in [2.75, 3.05) is 0 Å². The van der Waals surface area contributed by atoms with E-state index in [1.165, 1.54) is 0 Å². The molecule has 0 radical (unpaired) electrons. The molecular formula is H7CrO10PSiSrZn2. The van der Waals surface area contributed by atoms with Gasteiger partial charge in [-0.3, -0.25) is 0 Å². The Labute approximate surface area is 156 Å². The maximum absolute atomic E-state index is 9.38. The van der Waals surface area contributed by atoms with Crippen molar-refractivity contribution in [3.05, 3.63) is 0 Å². The van der Waals surface area contributed by atoms with Gasteiger partial charge < -0.3 is 14.4 Å². The zero-order valence-electron chi connectivity index (χ0n) is 7.05. The molecule has 0 saturated heterocycles. The molecule has 0 aromatic heterocycles. The Morgan fingerprint density at radius 3 is 1.19 bits per heavy atom. The molecule has 16 heteroatoms. The third kappa shape index (κ3) is 69.2. The van der Waals surface area contributed by atoms with E-state index >= 15 is 0 Å². The average molecular weight is 497 g/mol. The van der Waals surface area contributed by atoms with Crippen molar-refractivity contribution in [3.63, 3.8) is 0 Å². The fraction of sp³-hybridized carbons (Fsp3) is 0. The van der Waals surface area contributed by atoms with Crippen molar-refractivity contribution in [2.45, 2.75) is 0 Å². The summed E-state index contributed by atoms with van der Waals surface area (Å²) in [4.78, 5) is 23.5. The Balaban J connectivity index is -0.0000000454. The van der Waals surface area contributed by atoms with Crippen LogP contribution < -0.4 is 0 Å². The van der Waals surface area contributed by atoms with E-state index in [1.54, 1.807) is 0 Å². The maximum atomic E-state index is 9.38. The molecule has 16 heavy (non-hydrogen) atoms. The normalized spacial score (nSPS) is 9.31. The second-order valence-corrected chi connectivity index (χ2v) is 5.06. The molecule has 0 aromatic carbocycles. The van der Waals surface area contributed by atoms with Crippen LogP contribution in [0.1, 0.15) is 0 Å². The van der Waals surface area contributed by atoms with E-state index in [-0.39, 0.29) is 84.4 Å². The zero-order valence-corrected chi connectivity index (χ0v) is 16.2.